The molecule has 218 valence electrons. The Morgan fingerprint density at radius 2 is 0.976 bits per heavy atom. The molecule has 8 bridgehead atoms. The maximum Gasteiger partial charge on any atom is 0.150 e. The predicted molar refractivity (Wildman–Crippen MR) is 173 cm³/mol. The topological polar surface area (TPSA) is 51.6 Å². The molecular weight excluding hydrogens is 550 g/mol. The molecule has 1 atom stereocenters. The van der Waals surface area contributed by atoms with Gasteiger partial charge in [-0.25, -0.2) is 19.9 Å². The first-order valence-corrected chi connectivity index (χ1v) is 18.8. The Kier molecular flexibility index (Phi) is 6.26. The van der Waals surface area contributed by atoms with Crippen LogP contribution in [0.2, 0.25) is 0 Å². The van der Waals surface area contributed by atoms with Crippen molar-refractivity contribution < 1.29 is 0 Å². The van der Waals surface area contributed by atoms with Crippen LogP contribution in [0.5, 0.6) is 0 Å². The van der Waals surface area contributed by atoms with Gasteiger partial charge in [0.1, 0.15) is 16.8 Å². The second-order valence-electron chi connectivity index (χ2n) is 15.5. The summed E-state index contributed by atoms with van der Waals surface area (Å²) in [6.07, 6.45) is 27.1. The molecular formula is C36H44N4P2. The van der Waals surface area contributed by atoms with Crippen LogP contribution < -0.4 is 0 Å². The molecule has 8 aliphatic carbocycles. The molecule has 3 aromatic rings. The Bertz CT molecular complexity index is 1310. The van der Waals surface area contributed by atoms with E-state index in [1.165, 1.54) is 94.3 Å². The van der Waals surface area contributed by atoms with Gasteiger partial charge < -0.3 is 0 Å². The van der Waals surface area contributed by atoms with Crippen molar-refractivity contribution in [3.05, 3.63) is 84.0 Å². The molecule has 2 aromatic heterocycles. The van der Waals surface area contributed by atoms with E-state index in [0.29, 0.717) is 10.3 Å². The van der Waals surface area contributed by atoms with Crippen molar-refractivity contribution in [3.8, 4) is 0 Å². The molecule has 0 radical (unpaired) electrons. The number of nitrogens with zero attached hydrogens (tertiary/aromatic N) is 4. The highest BCUT2D eigenvalue weighted by Gasteiger charge is 2.62. The lowest BCUT2D eigenvalue weighted by Gasteiger charge is -2.67. The van der Waals surface area contributed by atoms with Gasteiger partial charge in [0.05, 0.1) is 0 Å². The monoisotopic (exact) mass is 594 g/mol. The molecule has 6 heteroatoms. The summed E-state index contributed by atoms with van der Waals surface area (Å²) < 4.78 is 0. The van der Waals surface area contributed by atoms with Crippen LogP contribution >= 0.6 is 17.2 Å². The lowest BCUT2D eigenvalue weighted by atomic mass is 9.55. The summed E-state index contributed by atoms with van der Waals surface area (Å²) in [5, 5.41) is 0.515. The third-order valence-electron chi connectivity index (χ3n) is 12.8. The van der Waals surface area contributed by atoms with E-state index < -0.39 is 5.16 Å². The number of rotatable bonds is 7. The molecule has 8 aliphatic rings. The van der Waals surface area contributed by atoms with Crippen molar-refractivity contribution in [1.82, 2.24) is 19.9 Å². The highest BCUT2D eigenvalue weighted by atomic mass is 31.1. The minimum Gasteiger partial charge on any atom is -0.240 e. The summed E-state index contributed by atoms with van der Waals surface area (Å²) in [5.74, 6) is 7.54. The zero-order chi connectivity index (χ0) is 27.9. The fraction of sp³-hybridized carbons (Fsp3) is 0.611. The fourth-order valence-corrected chi connectivity index (χ4v) is 17.9. The predicted octanol–water partition coefficient (Wildman–Crippen LogP) is 8.35. The third kappa shape index (κ3) is 4.14. The SMILES string of the molecule is PC(c1ncccn1)(c1ncccn1)c1ccccc1CP(C12CC3CC(CC(C3)C1)C2)C12CC3CC(CC(C3)C1)C2. The average Bonchev–Trinajstić information content (AvgIpc) is 2.99. The van der Waals surface area contributed by atoms with Gasteiger partial charge in [-0.3, -0.25) is 0 Å². The van der Waals surface area contributed by atoms with Crippen LogP contribution in [-0.4, -0.2) is 30.2 Å². The zero-order valence-electron chi connectivity index (χ0n) is 24.7. The molecule has 4 nitrogen and oxygen atoms in total. The maximum absolute atomic E-state index is 4.83. The van der Waals surface area contributed by atoms with E-state index in [2.05, 4.69) is 33.5 Å². The smallest absolute Gasteiger partial charge is 0.150 e. The maximum atomic E-state index is 4.83. The van der Waals surface area contributed by atoms with Gasteiger partial charge in [-0.15, -0.1) is 9.24 Å². The first-order chi connectivity index (χ1) is 20.5. The van der Waals surface area contributed by atoms with Gasteiger partial charge in [0.15, 0.2) is 0 Å². The largest absolute Gasteiger partial charge is 0.240 e. The molecule has 0 aliphatic heterocycles. The Hall–Kier alpha value is -1.76. The summed E-state index contributed by atoms with van der Waals surface area (Å²) >= 11 is 0. The zero-order valence-corrected chi connectivity index (χ0v) is 26.8. The normalized spacial score (nSPS) is 38.6. The first-order valence-electron chi connectivity index (χ1n) is 16.7. The second-order valence-corrected chi connectivity index (χ2v) is 19.4. The fourth-order valence-electron chi connectivity index (χ4n) is 12.2. The highest BCUT2D eigenvalue weighted by molar-refractivity contribution is 7.60. The van der Waals surface area contributed by atoms with Crippen LogP contribution in [0.3, 0.4) is 0 Å². The highest BCUT2D eigenvalue weighted by Crippen LogP contribution is 2.79. The number of hydrogen-bond donors (Lipinski definition) is 0. The first kappa shape index (κ1) is 26.6. The summed E-state index contributed by atoms with van der Waals surface area (Å²) in [4.78, 5) is 19.3. The molecule has 2 heterocycles. The summed E-state index contributed by atoms with van der Waals surface area (Å²) in [5.41, 5.74) is 2.79. The van der Waals surface area contributed by atoms with Gasteiger partial charge >= 0.3 is 0 Å². The molecule has 1 unspecified atom stereocenters. The Balaban J connectivity index is 1.19. The van der Waals surface area contributed by atoms with E-state index in [-0.39, 0.29) is 7.92 Å². The number of hydrogen-bond acceptors (Lipinski definition) is 4. The van der Waals surface area contributed by atoms with Crippen molar-refractivity contribution in [1.29, 1.82) is 0 Å². The van der Waals surface area contributed by atoms with E-state index >= 15 is 0 Å². The van der Waals surface area contributed by atoms with E-state index in [0.717, 1.165) is 47.2 Å². The van der Waals surface area contributed by atoms with Crippen LogP contribution in [0.15, 0.2) is 61.2 Å². The molecule has 0 spiro atoms. The van der Waals surface area contributed by atoms with Crippen LogP contribution in [-0.2, 0) is 11.3 Å². The van der Waals surface area contributed by atoms with Crippen molar-refractivity contribution in [2.75, 3.05) is 0 Å². The minimum absolute atomic E-state index is 0.177. The molecule has 8 saturated carbocycles. The van der Waals surface area contributed by atoms with Gasteiger partial charge in [0.2, 0.25) is 0 Å². The molecule has 0 amide bonds. The van der Waals surface area contributed by atoms with Crippen molar-refractivity contribution in [2.45, 2.75) is 98.7 Å². The third-order valence-corrected chi connectivity index (χ3v) is 17.6. The minimum atomic E-state index is -0.678. The van der Waals surface area contributed by atoms with Crippen molar-refractivity contribution in [2.24, 2.45) is 35.5 Å². The molecule has 11 rings (SSSR count). The standard InChI is InChI=1S/C36H44N4P2/c41-36(32-37-7-3-8-38-32,33-39-9-4-10-40-33)31-6-2-1-5-30(31)23-42(34-17-24-11-25(18-34)13-26(12-24)19-34)35-20-27-14-28(21-35)16-29(15-27)22-35/h1-10,24-29H,11-23,41H2. The Morgan fingerprint density at radius 1 is 0.595 bits per heavy atom. The second kappa shape index (κ2) is 9.87. The molecule has 42 heavy (non-hydrogen) atoms. The van der Waals surface area contributed by atoms with E-state index in [9.17, 15) is 0 Å². The van der Waals surface area contributed by atoms with Gasteiger partial charge in [-0.1, -0.05) is 32.2 Å². The Morgan fingerprint density at radius 3 is 1.38 bits per heavy atom. The number of benzene rings is 1. The van der Waals surface area contributed by atoms with Crippen molar-refractivity contribution in [3.63, 3.8) is 0 Å². The molecule has 0 N–H and O–H groups in total. The average molecular weight is 595 g/mol. The van der Waals surface area contributed by atoms with E-state index in [1.807, 2.05) is 36.9 Å². The molecule has 1 aromatic carbocycles. The molecule has 8 fully saturated rings. The lowest BCUT2D eigenvalue weighted by molar-refractivity contribution is 0.0184. The van der Waals surface area contributed by atoms with E-state index in [4.69, 9.17) is 19.9 Å². The lowest BCUT2D eigenvalue weighted by Crippen LogP contribution is -2.56. The van der Waals surface area contributed by atoms with Gasteiger partial charge in [-0.2, -0.15) is 0 Å². The van der Waals surface area contributed by atoms with Crippen molar-refractivity contribution >= 4 is 17.2 Å². The van der Waals surface area contributed by atoms with Gasteiger partial charge in [-0.05, 0) is 152 Å². The Labute approximate surface area is 254 Å². The van der Waals surface area contributed by atoms with Gasteiger partial charge in [0, 0.05) is 24.8 Å². The number of aromatic nitrogens is 4. The van der Waals surface area contributed by atoms with Crippen LogP contribution in [0.4, 0.5) is 0 Å². The van der Waals surface area contributed by atoms with Gasteiger partial charge in [0.25, 0.3) is 0 Å². The summed E-state index contributed by atoms with van der Waals surface area (Å²) in [6.45, 7) is 0. The van der Waals surface area contributed by atoms with Crippen LogP contribution in [0, 0.1) is 35.5 Å². The van der Waals surface area contributed by atoms with Crippen LogP contribution in [0.25, 0.3) is 0 Å². The summed E-state index contributed by atoms with van der Waals surface area (Å²) in [7, 11) is 2.97. The van der Waals surface area contributed by atoms with E-state index in [1.54, 1.807) is 0 Å². The molecule has 0 saturated heterocycles. The van der Waals surface area contributed by atoms with Crippen LogP contribution in [0.1, 0.15) is 99.8 Å². The quantitative estimate of drug-likeness (QED) is 0.258. The summed E-state index contributed by atoms with van der Waals surface area (Å²) in [6, 6.07) is 13.1.